The minimum Gasteiger partial charge on any atom is -0.478 e. The molecule has 0 saturated heterocycles. The molecule has 0 saturated carbocycles. The zero-order valence-electron chi connectivity index (χ0n) is 15.5. The lowest BCUT2D eigenvalue weighted by atomic mass is 9.98. The molecule has 3 N–H and O–H groups in total. The highest BCUT2D eigenvalue weighted by molar-refractivity contribution is 5.88. The Labute approximate surface area is 158 Å². The normalized spacial score (nSPS) is 10.7. The summed E-state index contributed by atoms with van der Waals surface area (Å²) in [5, 5.41) is 15.5. The van der Waals surface area contributed by atoms with Crippen LogP contribution >= 0.6 is 0 Å². The highest BCUT2D eigenvalue weighted by Crippen LogP contribution is 2.29. The molecular formula is C21H22N4O2. The number of benzene rings is 2. The van der Waals surface area contributed by atoms with Crippen molar-refractivity contribution in [3.8, 4) is 0 Å². The molecule has 0 spiro atoms. The zero-order valence-corrected chi connectivity index (χ0v) is 15.5. The third-order valence-electron chi connectivity index (χ3n) is 4.22. The summed E-state index contributed by atoms with van der Waals surface area (Å²) in [5.41, 5.74) is 4.36. The van der Waals surface area contributed by atoms with Crippen LogP contribution in [0.1, 0.15) is 41.3 Å². The third-order valence-corrected chi connectivity index (χ3v) is 4.22. The van der Waals surface area contributed by atoms with Gasteiger partial charge in [0.05, 0.1) is 5.56 Å². The quantitative estimate of drug-likeness (QED) is 0.566. The van der Waals surface area contributed by atoms with E-state index in [1.807, 2.05) is 0 Å². The number of hydrogen-bond acceptors (Lipinski definition) is 5. The standard InChI is InChI=1S/C21H22N4O2/c1-13(2)17-6-4-5-14(3)19(17)25-21-22-12-11-18(24-21)23-16-9-7-15(8-10-16)20(26)27/h4-13H,1-3H3,(H,26,27)(H2,22,23,24,25). The van der Waals surface area contributed by atoms with Gasteiger partial charge >= 0.3 is 5.97 Å². The van der Waals surface area contributed by atoms with E-state index in [-0.39, 0.29) is 5.56 Å². The van der Waals surface area contributed by atoms with E-state index in [1.54, 1.807) is 36.5 Å². The van der Waals surface area contributed by atoms with Crippen LogP contribution in [0, 0.1) is 6.92 Å². The van der Waals surface area contributed by atoms with Crippen molar-refractivity contribution in [3.05, 3.63) is 71.4 Å². The molecule has 6 nitrogen and oxygen atoms in total. The van der Waals surface area contributed by atoms with Crippen molar-refractivity contribution >= 4 is 29.1 Å². The number of hydrogen-bond donors (Lipinski definition) is 3. The van der Waals surface area contributed by atoms with Gasteiger partial charge in [0.2, 0.25) is 5.95 Å². The third kappa shape index (κ3) is 4.41. The lowest BCUT2D eigenvalue weighted by Gasteiger charge is -2.16. The summed E-state index contributed by atoms with van der Waals surface area (Å²) in [6, 6.07) is 14.5. The molecule has 1 aromatic heterocycles. The first-order chi connectivity index (χ1) is 12.9. The average Bonchev–Trinajstić information content (AvgIpc) is 2.64. The molecule has 27 heavy (non-hydrogen) atoms. The van der Waals surface area contributed by atoms with Crippen molar-refractivity contribution in [3.63, 3.8) is 0 Å². The van der Waals surface area contributed by atoms with Gasteiger partial charge in [-0.15, -0.1) is 0 Å². The Morgan fingerprint density at radius 1 is 1.04 bits per heavy atom. The van der Waals surface area contributed by atoms with E-state index in [0.717, 1.165) is 16.9 Å². The largest absolute Gasteiger partial charge is 0.478 e. The van der Waals surface area contributed by atoms with Crippen LogP contribution in [0.5, 0.6) is 0 Å². The smallest absolute Gasteiger partial charge is 0.335 e. The summed E-state index contributed by atoms with van der Waals surface area (Å²) in [6.45, 7) is 6.36. The van der Waals surface area contributed by atoms with Crippen LogP contribution in [0.4, 0.5) is 23.1 Å². The van der Waals surface area contributed by atoms with Gasteiger partial charge in [-0.1, -0.05) is 32.0 Å². The topological polar surface area (TPSA) is 87.1 Å². The number of aromatic nitrogens is 2. The molecule has 3 aromatic rings. The average molecular weight is 362 g/mol. The number of para-hydroxylation sites is 1. The molecule has 0 bridgehead atoms. The second-order valence-corrected chi connectivity index (χ2v) is 6.59. The fourth-order valence-corrected chi connectivity index (χ4v) is 2.79. The van der Waals surface area contributed by atoms with Gasteiger partial charge in [-0.3, -0.25) is 0 Å². The molecule has 0 radical (unpaired) electrons. The summed E-state index contributed by atoms with van der Waals surface area (Å²) >= 11 is 0. The number of nitrogens with zero attached hydrogens (tertiary/aromatic N) is 2. The first-order valence-corrected chi connectivity index (χ1v) is 8.74. The van der Waals surface area contributed by atoms with E-state index in [9.17, 15) is 4.79 Å². The molecular weight excluding hydrogens is 340 g/mol. The molecule has 0 amide bonds. The van der Waals surface area contributed by atoms with E-state index < -0.39 is 5.97 Å². The van der Waals surface area contributed by atoms with Gasteiger partial charge in [0.1, 0.15) is 5.82 Å². The maximum absolute atomic E-state index is 10.9. The highest BCUT2D eigenvalue weighted by Gasteiger charge is 2.11. The van der Waals surface area contributed by atoms with Gasteiger partial charge in [0, 0.05) is 17.6 Å². The molecule has 0 aliphatic rings. The maximum Gasteiger partial charge on any atom is 0.335 e. The number of nitrogens with one attached hydrogen (secondary N) is 2. The Bertz CT molecular complexity index is 953. The number of carboxylic acid groups (broad SMARTS) is 1. The second kappa shape index (κ2) is 7.86. The molecule has 0 unspecified atom stereocenters. The van der Waals surface area contributed by atoms with E-state index in [0.29, 0.717) is 17.7 Å². The number of rotatable bonds is 6. The van der Waals surface area contributed by atoms with Crippen molar-refractivity contribution in [1.29, 1.82) is 0 Å². The zero-order chi connectivity index (χ0) is 19.4. The first-order valence-electron chi connectivity index (χ1n) is 8.74. The molecule has 2 aromatic carbocycles. The Hall–Kier alpha value is -3.41. The number of carboxylic acids is 1. The molecule has 6 heteroatoms. The fraction of sp³-hybridized carbons (Fsp3) is 0.190. The summed E-state index contributed by atoms with van der Waals surface area (Å²) in [4.78, 5) is 19.8. The van der Waals surface area contributed by atoms with Gasteiger partial charge < -0.3 is 15.7 Å². The van der Waals surface area contributed by atoms with Crippen molar-refractivity contribution in [2.45, 2.75) is 26.7 Å². The van der Waals surface area contributed by atoms with Crippen molar-refractivity contribution < 1.29 is 9.90 Å². The Kier molecular flexibility index (Phi) is 5.35. The predicted octanol–water partition coefficient (Wildman–Crippen LogP) is 5.09. The van der Waals surface area contributed by atoms with Crippen LogP contribution in [-0.2, 0) is 0 Å². The van der Waals surface area contributed by atoms with Gasteiger partial charge in [0.15, 0.2) is 0 Å². The Morgan fingerprint density at radius 3 is 2.44 bits per heavy atom. The van der Waals surface area contributed by atoms with Crippen LogP contribution < -0.4 is 10.6 Å². The van der Waals surface area contributed by atoms with Crippen molar-refractivity contribution in [1.82, 2.24) is 9.97 Å². The van der Waals surface area contributed by atoms with E-state index in [1.165, 1.54) is 5.56 Å². The lowest BCUT2D eigenvalue weighted by Crippen LogP contribution is -2.04. The molecule has 0 aliphatic heterocycles. The highest BCUT2D eigenvalue weighted by atomic mass is 16.4. The number of aromatic carboxylic acids is 1. The van der Waals surface area contributed by atoms with Crippen molar-refractivity contribution in [2.75, 3.05) is 10.6 Å². The monoisotopic (exact) mass is 362 g/mol. The Balaban J connectivity index is 1.81. The van der Waals surface area contributed by atoms with Gasteiger partial charge in [-0.25, -0.2) is 9.78 Å². The molecule has 0 fully saturated rings. The first kappa shape index (κ1) is 18.4. The molecule has 1 heterocycles. The van der Waals surface area contributed by atoms with Crippen molar-refractivity contribution in [2.24, 2.45) is 0 Å². The SMILES string of the molecule is Cc1cccc(C(C)C)c1Nc1nccc(Nc2ccc(C(=O)O)cc2)n1. The minimum absolute atomic E-state index is 0.242. The van der Waals surface area contributed by atoms with E-state index in [2.05, 4.69) is 59.6 Å². The Morgan fingerprint density at radius 2 is 1.78 bits per heavy atom. The molecule has 3 rings (SSSR count). The molecule has 138 valence electrons. The fourth-order valence-electron chi connectivity index (χ4n) is 2.79. The molecule has 0 atom stereocenters. The second-order valence-electron chi connectivity index (χ2n) is 6.59. The van der Waals surface area contributed by atoms with Crippen LogP contribution in [-0.4, -0.2) is 21.0 Å². The van der Waals surface area contributed by atoms with Crippen LogP contribution in [0.3, 0.4) is 0 Å². The summed E-state index contributed by atoms with van der Waals surface area (Å²) in [5.74, 6) is 0.546. The predicted molar refractivity (Wildman–Crippen MR) is 107 cm³/mol. The van der Waals surface area contributed by atoms with Crippen LogP contribution in [0.2, 0.25) is 0 Å². The van der Waals surface area contributed by atoms with Gasteiger partial charge in [0.25, 0.3) is 0 Å². The summed E-state index contributed by atoms with van der Waals surface area (Å²) < 4.78 is 0. The minimum atomic E-state index is -0.950. The number of anilines is 4. The summed E-state index contributed by atoms with van der Waals surface area (Å²) in [7, 11) is 0. The number of carbonyl (C=O) groups is 1. The van der Waals surface area contributed by atoms with Gasteiger partial charge in [-0.05, 0) is 54.3 Å². The maximum atomic E-state index is 10.9. The van der Waals surface area contributed by atoms with Crippen LogP contribution in [0.25, 0.3) is 0 Å². The van der Waals surface area contributed by atoms with Crippen LogP contribution in [0.15, 0.2) is 54.7 Å². The lowest BCUT2D eigenvalue weighted by molar-refractivity contribution is 0.0697. The summed E-state index contributed by atoms with van der Waals surface area (Å²) in [6.07, 6.45) is 1.68. The van der Waals surface area contributed by atoms with E-state index >= 15 is 0 Å². The van der Waals surface area contributed by atoms with E-state index in [4.69, 9.17) is 5.11 Å². The van der Waals surface area contributed by atoms with Gasteiger partial charge in [-0.2, -0.15) is 4.98 Å². The number of aryl methyl sites for hydroxylation is 1. The molecule has 0 aliphatic carbocycles.